The van der Waals surface area contributed by atoms with E-state index in [1.54, 1.807) is 33.7 Å². The van der Waals surface area contributed by atoms with Gasteiger partial charge in [-0.2, -0.15) is 0 Å². The average molecular weight is 513 g/mol. The number of carbonyl (C=O) groups excluding carboxylic acids is 3. The summed E-state index contributed by atoms with van der Waals surface area (Å²) in [6, 6.07) is 9.04. The van der Waals surface area contributed by atoms with Gasteiger partial charge in [0.05, 0.1) is 23.2 Å². The van der Waals surface area contributed by atoms with E-state index < -0.39 is 27.4 Å². The largest absolute Gasteiger partial charge is 0.465 e. The number of aliphatic hydroxyl groups excluding tert-OH is 1. The number of likely N-dealkylation sites (tertiary alicyclic amines) is 1. The fourth-order valence-electron chi connectivity index (χ4n) is 6.24. The zero-order chi connectivity index (χ0) is 25.9. The molecule has 3 heterocycles. The maximum absolute atomic E-state index is 14.3. The Morgan fingerprint density at radius 1 is 1.25 bits per heavy atom. The van der Waals surface area contributed by atoms with E-state index in [0.717, 1.165) is 12.0 Å². The van der Waals surface area contributed by atoms with E-state index in [-0.39, 0.29) is 37.5 Å². The first-order valence-electron chi connectivity index (χ1n) is 12.7. The molecule has 1 N–H and O–H groups in total. The minimum absolute atomic E-state index is 0.0827. The molecule has 8 heteroatoms. The van der Waals surface area contributed by atoms with Gasteiger partial charge in [0.25, 0.3) is 0 Å². The van der Waals surface area contributed by atoms with Gasteiger partial charge < -0.3 is 19.6 Å². The molecule has 3 aliphatic rings. The molecule has 1 aromatic rings. The predicted molar refractivity (Wildman–Crippen MR) is 140 cm³/mol. The van der Waals surface area contributed by atoms with Gasteiger partial charge in [0.15, 0.2) is 0 Å². The van der Waals surface area contributed by atoms with Gasteiger partial charge in [0, 0.05) is 31.0 Å². The first-order valence-corrected chi connectivity index (χ1v) is 13.5. The number of benzene rings is 1. The van der Waals surface area contributed by atoms with Gasteiger partial charge in [-0.25, -0.2) is 0 Å². The molecule has 5 atom stereocenters. The number of rotatable bonds is 12. The van der Waals surface area contributed by atoms with Crippen LogP contribution in [0.2, 0.25) is 0 Å². The fraction of sp³-hybridized carbons (Fsp3) is 0.536. The Morgan fingerprint density at radius 3 is 2.67 bits per heavy atom. The minimum atomic E-state index is -0.706. The lowest BCUT2D eigenvalue weighted by Crippen LogP contribution is -2.54. The predicted octanol–water partition coefficient (Wildman–Crippen LogP) is 3.18. The number of nitrogens with zero attached hydrogens (tertiary/aromatic N) is 2. The topological polar surface area (TPSA) is 87.1 Å². The van der Waals surface area contributed by atoms with Crippen molar-refractivity contribution in [3.63, 3.8) is 0 Å². The molecule has 0 saturated carbocycles. The van der Waals surface area contributed by atoms with Crippen molar-refractivity contribution in [3.05, 3.63) is 61.2 Å². The highest BCUT2D eigenvalue weighted by Gasteiger charge is 2.77. The van der Waals surface area contributed by atoms with E-state index in [1.807, 2.05) is 37.3 Å². The number of aliphatic hydroxyl groups is 1. The summed E-state index contributed by atoms with van der Waals surface area (Å²) < 4.78 is 4.41. The van der Waals surface area contributed by atoms with Crippen molar-refractivity contribution in [1.29, 1.82) is 0 Å². The third kappa shape index (κ3) is 4.50. The smallest absolute Gasteiger partial charge is 0.311 e. The van der Waals surface area contributed by atoms with Crippen LogP contribution in [-0.4, -0.2) is 74.5 Å². The van der Waals surface area contributed by atoms with E-state index in [1.165, 1.54) is 0 Å². The van der Waals surface area contributed by atoms with Gasteiger partial charge >= 0.3 is 5.97 Å². The van der Waals surface area contributed by atoms with Crippen molar-refractivity contribution in [3.8, 4) is 0 Å². The number of esters is 1. The number of fused-ring (bicyclic) bond motifs is 1. The number of amides is 2. The monoisotopic (exact) mass is 512 g/mol. The van der Waals surface area contributed by atoms with Gasteiger partial charge in [-0.3, -0.25) is 14.4 Å². The third-order valence-electron chi connectivity index (χ3n) is 7.77. The minimum Gasteiger partial charge on any atom is -0.465 e. The normalized spacial score (nSPS) is 30.2. The molecule has 7 nitrogen and oxygen atoms in total. The number of carbonyl (C=O) groups is 3. The maximum Gasteiger partial charge on any atom is 0.311 e. The van der Waals surface area contributed by atoms with Crippen molar-refractivity contribution < 1.29 is 24.2 Å². The second-order valence-electron chi connectivity index (χ2n) is 10.1. The molecule has 1 aromatic carbocycles. The molecule has 0 aliphatic carbocycles. The van der Waals surface area contributed by atoms with Crippen molar-refractivity contribution >= 4 is 29.5 Å². The second-order valence-corrected chi connectivity index (χ2v) is 12.0. The van der Waals surface area contributed by atoms with Gasteiger partial charge in [-0.05, 0) is 38.2 Å². The average Bonchev–Trinajstić information content (AvgIpc) is 3.43. The Hall–Kier alpha value is -2.58. The fourth-order valence-corrected chi connectivity index (χ4v) is 8.58. The van der Waals surface area contributed by atoms with Crippen LogP contribution in [0.5, 0.6) is 0 Å². The van der Waals surface area contributed by atoms with E-state index in [9.17, 15) is 19.5 Å². The Labute approximate surface area is 217 Å². The third-order valence-corrected chi connectivity index (χ3v) is 9.75. The van der Waals surface area contributed by atoms with Gasteiger partial charge in [-0.1, -0.05) is 42.5 Å². The summed E-state index contributed by atoms with van der Waals surface area (Å²) in [5.74, 6) is -1.90. The molecule has 2 amide bonds. The molecule has 2 bridgehead atoms. The molecule has 4 rings (SSSR count). The molecule has 3 saturated heterocycles. The van der Waals surface area contributed by atoms with E-state index in [4.69, 9.17) is 4.74 Å². The molecule has 0 radical (unpaired) electrons. The maximum atomic E-state index is 14.3. The Balaban J connectivity index is 1.70. The van der Waals surface area contributed by atoms with E-state index >= 15 is 0 Å². The van der Waals surface area contributed by atoms with E-state index in [2.05, 4.69) is 13.2 Å². The zero-order valence-corrected chi connectivity index (χ0v) is 21.8. The molecule has 194 valence electrons. The molecule has 2 unspecified atom stereocenters. The van der Waals surface area contributed by atoms with Crippen LogP contribution in [0.3, 0.4) is 0 Å². The summed E-state index contributed by atoms with van der Waals surface area (Å²) in [6.45, 7) is 10.7. The van der Waals surface area contributed by atoms with Crippen molar-refractivity contribution in [2.24, 2.45) is 11.8 Å². The Morgan fingerprint density at radius 2 is 2.00 bits per heavy atom. The second kappa shape index (κ2) is 10.8. The van der Waals surface area contributed by atoms with Gasteiger partial charge in [0.1, 0.15) is 6.04 Å². The van der Waals surface area contributed by atoms with Crippen molar-refractivity contribution in [1.82, 2.24) is 9.80 Å². The lowest BCUT2D eigenvalue weighted by Gasteiger charge is -2.37. The number of hydrogen-bond donors (Lipinski definition) is 1. The Bertz CT molecular complexity index is 1020. The van der Waals surface area contributed by atoms with Gasteiger partial charge in [0.2, 0.25) is 11.8 Å². The van der Waals surface area contributed by atoms with Crippen LogP contribution in [0.4, 0.5) is 0 Å². The molecule has 36 heavy (non-hydrogen) atoms. The highest BCUT2D eigenvalue weighted by molar-refractivity contribution is 8.02. The van der Waals surface area contributed by atoms with Crippen LogP contribution in [0.15, 0.2) is 55.6 Å². The standard InChI is InChI=1S/C28H36N2O5S/c1-4-6-18-35-26(34)22-21-24(32)30(16-10-17-31)23(28(21)14-13-27(22,3)36-28)25(33)29(15-5-2)19-20-11-8-7-9-12-20/h4-5,7-9,11-12,21-23,31H,1-2,6,10,13-19H2,3H3/t21-,22+,23?,27-,28?/m0/s1. The Kier molecular flexibility index (Phi) is 7.95. The number of ether oxygens (including phenoxy) is 1. The van der Waals surface area contributed by atoms with Crippen LogP contribution in [0.25, 0.3) is 0 Å². The summed E-state index contributed by atoms with van der Waals surface area (Å²) in [5.41, 5.74) is 0.993. The van der Waals surface area contributed by atoms with Crippen LogP contribution in [0.1, 0.15) is 38.2 Å². The first kappa shape index (κ1) is 26.5. The summed E-state index contributed by atoms with van der Waals surface area (Å²) in [7, 11) is 0. The van der Waals surface area contributed by atoms with Crippen LogP contribution >= 0.6 is 11.8 Å². The molecular formula is C28H36N2O5S. The lowest BCUT2D eigenvalue weighted by atomic mass is 9.66. The highest BCUT2D eigenvalue weighted by atomic mass is 32.2. The molecule has 1 spiro atoms. The molecule has 3 aliphatic heterocycles. The van der Waals surface area contributed by atoms with Crippen molar-refractivity contribution in [2.75, 3.05) is 26.3 Å². The number of hydrogen-bond acceptors (Lipinski definition) is 6. The van der Waals surface area contributed by atoms with Crippen molar-refractivity contribution in [2.45, 2.75) is 54.7 Å². The summed E-state index contributed by atoms with van der Waals surface area (Å²) in [5, 5.41) is 9.53. The number of thioether (sulfide) groups is 1. The molecule has 3 fully saturated rings. The lowest BCUT2D eigenvalue weighted by molar-refractivity contribution is -0.155. The first-order chi connectivity index (χ1) is 17.3. The SMILES string of the molecule is C=CCCOC(=O)[C@H]1[C@H]2C(=O)N(CCCO)C(C(=O)N(CC=C)Cc3ccccc3)C23CC[C@]1(C)S3. The van der Waals surface area contributed by atoms with Crippen LogP contribution in [-0.2, 0) is 25.7 Å². The molecular weight excluding hydrogens is 476 g/mol. The zero-order valence-electron chi connectivity index (χ0n) is 20.9. The highest BCUT2D eigenvalue weighted by Crippen LogP contribution is 2.71. The summed E-state index contributed by atoms with van der Waals surface area (Å²) >= 11 is 1.63. The van der Waals surface area contributed by atoms with E-state index in [0.29, 0.717) is 32.4 Å². The quantitative estimate of drug-likeness (QED) is 0.263. The molecule has 0 aromatic heterocycles. The van der Waals surface area contributed by atoms with Crippen LogP contribution < -0.4 is 0 Å². The summed E-state index contributed by atoms with van der Waals surface area (Å²) in [6.07, 6.45) is 5.73. The van der Waals surface area contributed by atoms with Crippen LogP contribution in [0, 0.1) is 11.8 Å². The summed E-state index contributed by atoms with van der Waals surface area (Å²) in [4.78, 5) is 44.9. The van der Waals surface area contributed by atoms with Gasteiger partial charge in [-0.15, -0.1) is 24.9 Å².